The molecule has 1 amide bonds. The van der Waals surface area contributed by atoms with Crippen molar-refractivity contribution in [1.29, 1.82) is 5.26 Å². The average Bonchev–Trinajstić information content (AvgIpc) is 2.43. The summed E-state index contributed by atoms with van der Waals surface area (Å²) in [4.78, 5) is 12.2. The summed E-state index contributed by atoms with van der Waals surface area (Å²) in [7, 11) is 0. The van der Waals surface area contributed by atoms with Crippen LogP contribution in [0.15, 0.2) is 18.2 Å². The van der Waals surface area contributed by atoms with Crippen LogP contribution in [0.25, 0.3) is 0 Å². The van der Waals surface area contributed by atoms with Crippen LogP contribution in [-0.2, 0) is 0 Å². The van der Waals surface area contributed by atoms with Gasteiger partial charge in [-0.1, -0.05) is 42.5 Å². The van der Waals surface area contributed by atoms with E-state index in [9.17, 15) is 10.1 Å². The zero-order valence-corrected chi connectivity index (χ0v) is 11.9. The van der Waals surface area contributed by atoms with Crippen LogP contribution in [0.5, 0.6) is 0 Å². The predicted octanol–water partition coefficient (Wildman–Crippen LogP) is 3.95. The minimum atomic E-state index is -0.735. The van der Waals surface area contributed by atoms with Gasteiger partial charge in [-0.25, -0.2) is 0 Å². The van der Waals surface area contributed by atoms with E-state index < -0.39 is 5.54 Å². The van der Waals surface area contributed by atoms with Crippen molar-refractivity contribution in [3.05, 3.63) is 33.8 Å². The number of carbonyl (C=O) groups excluding carboxylic acids is 1. The summed E-state index contributed by atoms with van der Waals surface area (Å²) in [6.07, 6.45) is 4.46. The van der Waals surface area contributed by atoms with Crippen molar-refractivity contribution in [3.63, 3.8) is 0 Å². The van der Waals surface area contributed by atoms with E-state index in [0.717, 1.165) is 19.3 Å². The highest BCUT2D eigenvalue weighted by molar-refractivity contribution is 6.42. The number of nitrogens with one attached hydrogen (secondary N) is 1. The van der Waals surface area contributed by atoms with Crippen LogP contribution in [-0.4, -0.2) is 11.4 Å². The Morgan fingerprint density at radius 1 is 1.21 bits per heavy atom. The summed E-state index contributed by atoms with van der Waals surface area (Å²) in [5.41, 5.74) is -0.309. The molecule has 100 valence electrons. The van der Waals surface area contributed by atoms with Crippen molar-refractivity contribution in [3.8, 4) is 6.07 Å². The lowest BCUT2D eigenvalue weighted by molar-refractivity contribution is 0.0902. The molecule has 1 aromatic rings. The lowest BCUT2D eigenvalue weighted by Crippen LogP contribution is -2.48. The summed E-state index contributed by atoms with van der Waals surface area (Å²) >= 11 is 11.7. The van der Waals surface area contributed by atoms with Crippen LogP contribution in [0, 0.1) is 11.3 Å². The van der Waals surface area contributed by atoms with Gasteiger partial charge in [0.1, 0.15) is 5.54 Å². The molecule has 2 rings (SSSR count). The minimum absolute atomic E-state index is 0.276. The topological polar surface area (TPSA) is 52.9 Å². The van der Waals surface area contributed by atoms with Crippen molar-refractivity contribution in [2.75, 3.05) is 0 Å². The molecule has 0 atom stereocenters. The molecule has 1 aliphatic carbocycles. The Labute approximate surface area is 122 Å². The van der Waals surface area contributed by atoms with Crippen molar-refractivity contribution < 1.29 is 4.79 Å². The van der Waals surface area contributed by atoms with E-state index in [1.54, 1.807) is 12.1 Å². The minimum Gasteiger partial charge on any atom is -0.334 e. The molecule has 0 unspecified atom stereocenters. The molecule has 0 spiro atoms. The number of rotatable bonds is 2. The second-order valence-corrected chi connectivity index (χ2v) is 5.65. The molecule has 19 heavy (non-hydrogen) atoms. The van der Waals surface area contributed by atoms with Crippen LogP contribution < -0.4 is 5.32 Å². The predicted molar refractivity (Wildman–Crippen MR) is 75.4 cm³/mol. The fourth-order valence-corrected chi connectivity index (χ4v) is 2.65. The number of nitriles is 1. The van der Waals surface area contributed by atoms with E-state index in [1.165, 1.54) is 6.07 Å². The number of carbonyl (C=O) groups is 1. The normalized spacial score (nSPS) is 17.5. The van der Waals surface area contributed by atoms with Gasteiger partial charge in [0.25, 0.3) is 5.91 Å². The van der Waals surface area contributed by atoms with Gasteiger partial charge in [0.05, 0.1) is 16.1 Å². The number of hydrogen-bond acceptors (Lipinski definition) is 2. The SMILES string of the molecule is N#CC1(NC(=O)c2ccc(Cl)c(Cl)c2)CCCCC1. The number of nitrogens with zero attached hydrogens (tertiary/aromatic N) is 1. The highest BCUT2D eigenvalue weighted by Crippen LogP contribution is 2.28. The second kappa shape index (κ2) is 5.81. The molecule has 0 heterocycles. The first-order valence-electron chi connectivity index (χ1n) is 6.25. The molecule has 1 N–H and O–H groups in total. The van der Waals surface area contributed by atoms with Crippen LogP contribution in [0.2, 0.25) is 10.0 Å². The molecule has 0 saturated heterocycles. The largest absolute Gasteiger partial charge is 0.334 e. The molecule has 3 nitrogen and oxygen atoms in total. The molecular weight excluding hydrogens is 283 g/mol. The molecule has 1 aliphatic rings. The third kappa shape index (κ3) is 3.20. The first-order valence-corrected chi connectivity index (χ1v) is 7.01. The lowest BCUT2D eigenvalue weighted by Gasteiger charge is -2.31. The summed E-state index contributed by atoms with van der Waals surface area (Å²) in [6.45, 7) is 0. The third-order valence-electron chi connectivity index (χ3n) is 3.46. The summed E-state index contributed by atoms with van der Waals surface area (Å²) < 4.78 is 0. The standard InChI is InChI=1S/C14H14Cl2N2O/c15-11-5-4-10(8-12(11)16)13(19)18-14(9-17)6-2-1-3-7-14/h4-5,8H,1-3,6-7H2,(H,18,19). The fraction of sp³-hybridized carbons (Fsp3) is 0.429. The Morgan fingerprint density at radius 2 is 1.89 bits per heavy atom. The van der Waals surface area contributed by atoms with Gasteiger partial charge in [-0.3, -0.25) is 4.79 Å². The molecule has 0 aromatic heterocycles. The quantitative estimate of drug-likeness (QED) is 0.898. The van der Waals surface area contributed by atoms with E-state index >= 15 is 0 Å². The monoisotopic (exact) mass is 296 g/mol. The van der Waals surface area contributed by atoms with E-state index in [2.05, 4.69) is 11.4 Å². The van der Waals surface area contributed by atoms with Gasteiger partial charge in [-0.2, -0.15) is 5.26 Å². The third-order valence-corrected chi connectivity index (χ3v) is 4.19. The van der Waals surface area contributed by atoms with Gasteiger partial charge in [0.15, 0.2) is 0 Å². The smallest absolute Gasteiger partial charge is 0.252 e. The lowest BCUT2D eigenvalue weighted by atomic mass is 9.82. The van der Waals surface area contributed by atoms with Crippen molar-refractivity contribution in [2.45, 2.75) is 37.6 Å². The first kappa shape index (κ1) is 14.2. The molecule has 1 aromatic carbocycles. The van der Waals surface area contributed by atoms with Crippen LogP contribution in [0.1, 0.15) is 42.5 Å². The van der Waals surface area contributed by atoms with E-state index in [1.807, 2.05) is 0 Å². The van der Waals surface area contributed by atoms with Gasteiger partial charge >= 0.3 is 0 Å². The highest BCUT2D eigenvalue weighted by atomic mass is 35.5. The Balaban J connectivity index is 2.15. The van der Waals surface area contributed by atoms with Crippen molar-refractivity contribution in [2.24, 2.45) is 0 Å². The highest BCUT2D eigenvalue weighted by Gasteiger charge is 2.33. The second-order valence-electron chi connectivity index (χ2n) is 4.84. The summed E-state index contributed by atoms with van der Waals surface area (Å²) in [5.74, 6) is -0.276. The summed E-state index contributed by atoms with van der Waals surface area (Å²) in [5, 5.41) is 12.9. The van der Waals surface area contributed by atoms with Crippen LogP contribution >= 0.6 is 23.2 Å². The Bertz CT molecular complexity index is 531. The molecule has 1 saturated carbocycles. The Morgan fingerprint density at radius 3 is 2.47 bits per heavy atom. The number of hydrogen-bond donors (Lipinski definition) is 1. The Kier molecular flexibility index (Phi) is 4.34. The zero-order valence-electron chi connectivity index (χ0n) is 10.4. The van der Waals surface area contributed by atoms with Gasteiger partial charge in [-0.15, -0.1) is 0 Å². The maximum atomic E-state index is 12.2. The number of amides is 1. The molecule has 0 radical (unpaired) electrons. The molecule has 1 fully saturated rings. The summed E-state index contributed by atoms with van der Waals surface area (Å²) in [6, 6.07) is 6.96. The van der Waals surface area contributed by atoms with Crippen LogP contribution in [0.3, 0.4) is 0 Å². The average molecular weight is 297 g/mol. The van der Waals surface area contributed by atoms with Crippen molar-refractivity contribution >= 4 is 29.1 Å². The zero-order chi connectivity index (χ0) is 13.9. The number of halogens is 2. The first-order chi connectivity index (χ1) is 9.06. The van der Waals surface area contributed by atoms with E-state index in [4.69, 9.17) is 23.2 Å². The van der Waals surface area contributed by atoms with Crippen molar-refractivity contribution in [1.82, 2.24) is 5.32 Å². The van der Waals surface area contributed by atoms with Gasteiger partial charge in [-0.05, 0) is 31.0 Å². The van der Waals surface area contributed by atoms with E-state index in [-0.39, 0.29) is 5.91 Å². The van der Waals surface area contributed by atoms with Crippen LogP contribution in [0.4, 0.5) is 0 Å². The fourth-order valence-electron chi connectivity index (χ4n) is 2.35. The van der Waals surface area contributed by atoms with Gasteiger partial charge in [0.2, 0.25) is 0 Å². The van der Waals surface area contributed by atoms with E-state index in [0.29, 0.717) is 28.5 Å². The van der Waals surface area contributed by atoms with Gasteiger partial charge in [0, 0.05) is 5.56 Å². The maximum absolute atomic E-state index is 12.2. The molecule has 0 aliphatic heterocycles. The number of benzene rings is 1. The Hall–Kier alpha value is -1.24. The molecule has 5 heteroatoms. The maximum Gasteiger partial charge on any atom is 0.252 e. The molecule has 0 bridgehead atoms. The van der Waals surface area contributed by atoms with Gasteiger partial charge < -0.3 is 5.32 Å². The molecular formula is C14H14Cl2N2O.